The maximum Gasteiger partial charge on any atom is 0.335 e. The van der Waals surface area contributed by atoms with Crippen LogP contribution in [0.1, 0.15) is 45.9 Å². The second-order valence-corrected chi connectivity index (χ2v) is 11.5. The highest BCUT2D eigenvalue weighted by molar-refractivity contribution is 7.92. The quantitative estimate of drug-likeness (QED) is 0.271. The molecule has 0 saturated carbocycles. The first-order chi connectivity index (χ1) is 19.2. The molecule has 2 unspecified atom stereocenters. The van der Waals surface area contributed by atoms with Crippen molar-refractivity contribution in [2.24, 2.45) is 0 Å². The van der Waals surface area contributed by atoms with E-state index in [9.17, 15) is 18.3 Å². The van der Waals surface area contributed by atoms with Crippen molar-refractivity contribution in [2.45, 2.75) is 43.7 Å². The predicted octanol–water partition coefficient (Wildman–Crippen LogP) is 5.13. The van der Waals surface area contributed by atoms with Crippen molar-refractivity contribution in [1.82, 2.24) is 15.3 Å². The Morgan fingerprint density at radius 2 is 1.68 bits per heavy atom. The summed E-state index contributed by atoms with van der Waals surface area (Å²) in [6, 6.07) is 23.2. The summed E-state index contributed by atoms with van der Waals surface area (Å²) < 4.78 is 35.1. The second-order valence-electron chi connectivity index (χ2n) is 9.81. The molecule has 9 nitrogen and oxygen atoms in total. The van der Waals surface area contributed by atoms with Crippen molar-refractivity contribution < 1.29 is 23.1 Å². The van der Waals surface area contributed by atoms with Crippen LogP contribution in [0.25, 0.3) is 11.3 Å². The SMILES string of the molecule is Cc1cccc(C)c1-c1cc(OC2CCC(c3ccccc3)NC2)nc(NS(=O)(=O)c2cccc(C(=O)O)c2)n1. The Labute approximate surface area is 233 Å². The van der Waals surface area contributed by atoms with Gasteiger partial charge in [0.1, 0.15) is 6.10 Å². The minimum absolute atomic E-state index is 0.143. The van der Waals surface area contributed by atoms with E-state index >= 15 is 0 Å². The fraction of sp³-hybridized carbons (Fsp3) is 0.233. The van der Waals surface area contributed by atoms with Crippen LogP contribution in [-0.4, -0.2) is 42.1 Å². The topological polar surface area (TPSA) is 131 Å². The molecular formula is C30H30N4O5S. The number of nitrogens with zero attached hydrogens (tertiary/aromatic N) is 2. The summed E-state index contributed by atoms with van der Waals surface area (Å²) in [4.78, 5) is 20.1. The maximum atomic E-state index is 13.2. The van der Waals surface area contributed by atoms with Gasteiger partial charge >= 0.3 is 5.97 Å². The van der Waals surface area contributed by atoms with Gasteiger partial charge in [0.15, 0.2) is 0 Å². The fourth-order valence-electron chi connectivity index (χ4n) is 4.92. The van der Waals surface area contributed by atoms with Crippen LogP contribution < -0.4 is 14.8 Å². The molecule has 2 heterocycles. The molecule has 3 aromatic carbocycles. The number of aryl methyl sites for hydroxylation is 2. The molecule has 3 N–H and O–H groups in total. The third-order valence-electron chi connectivity index (χ3n) is 6.92. The van der Waals surface area contributed by atoms with Crippen molar-refractivity contribution in [3.8, 4) is 17.1 Å². The lowest BCUT2D eigenvalue weighted by atomic mass is 9.96. The van der Waals surface area contributed by atoms with Gasteiger partial charge in [0.2, 0.25) is 11.8 Å². The molecule has 0 spiro atoms. The van der Waals surface area contributed by atoms with Gasteiger partial charge in [-0.25, -0.2) is 22.9 Å². The zero-order valence-corrected chi connectivity index (χ0v) is 23.0. The number of piperidine rings is 1. The van der Waals surface area contributed by atoms with Gasteiger partial charge in [-0.3, -0.25) is 0 Å². The first-order valence-corrected chi connectivity index (χ1v) is 14.4. The van der Waals surface area contributed by atoms with Crippen molar-refractivity contribution in [3.63, 3.8) is 0 Å². The lowest BCUT2D eigenvalue weighted by Gasteiger charge is -2.30. The summed E-state index contributed by atoms with van der Waals surface area (Å²) in [5.74, 6) is -1.15. The molecule has 1 fully saturated rings. The molecule has 206 valence electrons. The molecule has 0 amide bonds. The van der Waals surface area contributed by atoms with Gasteiger partial charge in [-0.05, 0) is 61.6 Å². The molecule has 1 saturated heterocycles. The molecule has 10 heteroatoms. The number of benzene rings is 3. The first-order valence-electron chi connectivity index (χ1n) is 13.0. The molecule has 1 aliphatic heterocycles. The normalized spacial score (nSPS) is 17.2. The van der Waals surface area contributed by atoms with E-state index in [0.717, 1.165) is 35.6 Å². The average molecular weight is 559 g/mol. The highest BCUT2D eigenvalue weighted by Gasteiger charge is 2.25. The largest absolute Gasteiger partial charge is 0.478 e. The van der Waals surface area contributed by atoms with Crippen molar-refractivity contribution in [2.75, 3.05) is 11.3 Å². The van der Waals surface area contributed by atoms with Crippen LogP contribution in [0.5, 0.6) is 5.88 Å². The molecule has 4 aromatic rings. The summed E-state index contributed by atoms with van der Waals surface area (Å²) in [6.45, 7) is 4.52. The lowest BCUT2D eigenvalue weighted by molar-refractivity contribution is 0.0696. The molecule has 0 bridgehead atoms. The second kappa shape index (κ2) is 11.4. The summed E-state index contributed by atoms with van der Waals surface area (Å²) >= 11 is 0. The highest BCUT2D eigenvalue weighted by Crippen LogP contribution is 2.31. The van der Waals surface area contributed by atoms with Crippen molar-refractivity contribution in [3.05, 3.63) is 101 Å². The number of rotatable bonds is 8. The van der Waals surface area contributed by atoms with E-state index in [1.54, 1.807) is 6.07 Å². The van der Waals surface area contributed by atoms with Crippen LogP contribution in [0, 0.1) is 13.8 Å². The fourth-order valence-corrected chi connectivity index (χ4v) is 5.91. The summed E-state index contributed by atoms with van der Waals surface area (Å²) in [5.41, 5.74) is 4.40. The van der Waals surface area contributed by atoms with E-state index in [1.807, 2.05) is 50.2 Å². The van der Waals surface area contributed by atoms with Crippen LogP contribution in [0.2, 0.25) is 0 Å². The summed E-state index contributed by atoms with van der Waals surface area (Å²) in [5, 5.41) is 12.8. The Morgan fingerprint density at radius 3 is 2.35 bits per heavy atom. The van der Waals surface area contributed by atoms with Gasteiger partial charge in [0.05, 0.1) is 16.2 Å². The molecular weight excluding hydrogens is 528 g/mol. The van der Waals surface area contributed by atoms with Crippen LogP contribution in [0.4, 0.5) is 5.95 Å². The van der Waals surface area contributed by atoms with Gasteiger partial charge in [0.25, 0.3) is 10.0 Å². The van der Waals surface area contributed by atoms with E-state index in [4.69, 9.17) is 4.74 Å². The zero-order valence-electron chi connectivity index (χ0n) is 22.2. The molecule has 0 aliphatic carbocycles. The molecule has 1 aliphatic rings. The smallest absolute Gasteiger partial charge is 0.335 e. The minimum atomic E-state index is -4.18. The minimum Gasteiger partial charge on any atom is -0.478 e. The van der Waals surface area contributed by atoms with Crippen LogP contribution in [0.3, 0.4) is 0 Å². The molecule has 40 heavy (non-hydrogen) atoms. The number of hydrogen-bond acceptors (Lipinski definition) is 7. The number of nitrogens with one attached hydrogen (secondary N) is 2. The molecule has 5 rings (SSSR count). The number of carboxylic acids is 1. The first kappa shape index (κ1) is 27.3. The van der Waals surface area contributed by atoms with Gasteiger partial charge < -0.3 is 15.2 Å². The number of sulfonamides is 1. The van der Waals surface area contributed by atoms with Gasteiger partial charge in [-0.15, -0.1) is 0 Å². The van der Waals surface area contributed by atoms with E-state index in [1.165, 1.54) is 23.8 Å². The molecule has 0 radical (unpaired) electrons. The number of carboxylic acid groups (broad SMARTS) is 1. The maximum absolute atomic E-state index is 13.2. The van der Waals surface area contributed by atoms with E-state index in [2.05, 4.69) is 32.1 Å². The van der Waals surface area contributed by atoms with Crippen LogP contribution in [-0.2, 0) is 10.0 Å². The number of aromatic carboxylic acids is 1. The zero-order chi connectivity index (χ0) is 28.3. The Hall–Kier alpha value is -4.28. The third kappa shape index (κ3) is 6.13. The molecule has 2 atom stereocenters. The Bertz CT molecular complexity index is 1620. The van der Waals surface area contributed by atoms with Crippen LogP contribution in [0.15, 0.2) is 83.8 Å². The van der Waals surface area contributed by atoms with Crippen molar-refractivity contribution >= 4 is 21.9 Å². The van der Waals surface area contributed by atoms with E-state index in [0.29, 0.717) is 12.2 Å². The van der Waals surface area contributed by atoms with Gasteiger partial charge in [0, 0.05) is 24.2 Å². The predicted molar refractivity (Wildman–Crippen MR) is 152 cm³/mol. The highest BCUT2D eigenvalue weighted by atomic mass is 32.2. The number of carbonyl (C=O) groups is 1. The monoisotopic (exact) mass is 558 g/mol. The number of aromatic nitrogens is 2. The van der Waals surface area contributed by atoms with Crippen molar-refractivity contribution in [1.29, 1.82) is 0 Å². The summed E-state index contributed by atoms with van der Waals surface area (Å²) in [7, 11) is -4.18. The number of ether oxygens (including phenoxy) is 1. The standard InChI is InChI=1S/C30H30N4O5S/c1-19-8-6-9-20(2)28(19)26-17-27(39-23-14-15-25(31-18-23)21-10-4-3-5-11-21)33-30(32-26)34-40(37,38)24-13-7-12-22(16-24)29(35)36/h3-13,16-17,23,25,31H,14-15,18H2,1-2H3,(H,35,36)(H,32,33,34). The summed E-state index contributed by atoms with van der Waals surface area (Å²) in [6.07, 6.45) is 1.50. The van der Waals surface area contributed by atoms with Gasteiger partial charge in [-0.1, -0.05) is 54.6 Å². The van der Waals surface area contributed by atoms with Crippen LogP contribution >= 0.6 is 0 Å². The Kier molecular flexibility index (Phi) is 7.81. The number of anilines is 1. The average Bonchev–Trinajstić information content (AvgIpc) is 2.93. The third-order valence-corrected chi connectivity index (χ3v) is 8.24. The Morgan fingerprint density at radius 1 is 0.950 bits per heavy atom. The van der Waals surface area contributed by atoms with E-state index in [-0.39, 0.29) is 34.4 Å². The number of hydrogen-bond donors (Lipinski definition) is 3. The Balaban J connectivity index is 1.44. The van der Waals surface area contributed by atoms with Gasteiger partial charge in [-0.2, -0.15) is 4.98 Å². The van der Waals surface area contributed by atoms with E-state index < -0.39 is 16.0 Å². The lowest BCUT2D eigenvalue weighted by Crippen LogP contribution is -2.39. The molecule has 1 aromatic heterocycles.